The van der Waals surface area contributed by atoms with Crippen LogP contribution in [0.5, 0.6) is 0 Å². The van der Waals surface area contributed by atoms with Gasteiger partial charge in [-0.3, -0.25) is 0 Å². The fourth-order valence-corrected chi connectivity index (χ4v) is 1.28. The van der Waals surface area contributed by atoms with E-state index in [1.807, 2.05) is 0 Å². The Hall–Kier alpha value is -1.04. The molecule has 1 aliphatic heterocycles. The van der Waals surface area contributed by atoms with Crippen LogP contribution in [0.1, 0.15) is 12.8 Å². The Morgan fingerprint density at radius 3 is 3.00 bits per heavy atom. The van der Waals surface area contributed by atoms with Crippen molar-refractivity contribution >= 4 is 0 Å². The zero-order chi connectivity index (χ0) is 8.27. The Morgan fingerprint density at radius 2 is 2.45 bits per heavy atom. The maximum Gasteiger partial charge on any atom is 0.111 e. The van der Waals surface area contributed by atoms with E-state index in [9.17, 15) is 10.4 Å². The molecule has 0 radical (unpaired) electrons. The minimum atomic E-state index is -0.231. The average Bonchev–Trinajstić information content (AvgIpc) is 2.50. The van der Waals surface area contributed by atoms with Crippen molar-refractivity contribution in [3.05, 3.63) is 10.4 Å². The lowest BCUT2D eigenvalue weighted by Gasteiger charge is -2.18. The normalized spacial score (nSPS) is 26.1. The molecule has 0 aromatic carbocycles. The molecule has 0 aliphatic carbocycles. The number of aliphatic hydroxyl groups is 1. The van der Waals surface area contributed by atoms with Crippen molar-refractivity contribution in [2.75, 3.05) is 13.2 Å². The second kappa shape index (κ2) is 3.38. The summed E-state index contributed by atoms with van der Waals surface area (Å²) in [5, 5.41) is 32.6. The minimum Gasteiger partial charge on any atom is -0.737 e. The first-order valence-electron chi connectivity index (χ1n) is 3.47. The van der Waals surface area contributed by atoms with E-state index < -0.39 is 0 Å². The highest BCUT2D eigenvalue weighted by Crippen LogP contribution is 2.16. The van der Waals surface area contributed by atoms with Crippen LogP contribution < -0.4 is 0 Å². The number of rotatable bonds is 2. The molecule has 0 saturated carbocycles. The smallest absolute Gasteiger partial charge is 0.111 e. The molecule has 1 heterocycles. The molecule has 1 rings (SSSR count). The van der Waals surface area contributed by atoms with Crippen LogP contribution in [0.3, 0.4) is 0 Å². The molecule has 0 aromatic rings. The summed E-state index contributed by atoms with van der Waals surface area (Å²) in [6.07, 6.45) is 1.56. The molecule has 0 aromatic heterocycles. The van der Waals surface area contributed by atoms with E-state index in [1.54, 1.807) is 0 Å². The fourth-order valence-electron chi connectivity index (χ4n) is 1.28. The van der Waals surface area contributed by atoms with Crippen LogP contribution >= 0.6 is 0 Å². The number of aliphatic hydroxyl groups excluding tert-OH is 1. The van der Waals surface area contributed by atoms with Crippen LogP contribution in [0.4, 0.5) is 0 Å². The second-order valence-electron chi connectivity index (χ2n) is 2.48. The summed E-state index contributed by atoms with van der Waals surface area (Å²) in [6, 6.07) is -0.231. The molecule has 1 fully saturated rings. The quantitative estimate of drug-likeness (QED) is 0.345. The molecule has 6 heteroatoms. The molecule has 1 atom stereocenters. The zero-order valence-electron chi connectivity index (χ0n) is 6.01. The Labute approximate surface area is 63.9 Å². The number of hydrogen-bond acceptors (Lipinski definition) is 4. The molecule has 1 N–H and O–H groups in total. The molecular formula is C5H10N3O3-. The van der Waals surface area contributed by atoms with E-state index in [-0.39, 0.29) is 17.6 Å². The van der Waals surface area contributed by atoms with Gasteiger partial charge in [-0.15, -0.1) is 5.01 Å². The van der Waals surface area contributed by atoms with Crippen molar-refractivity contribution < 1.29 is 10.1 Å². The number of hydrazine groups is 1. The summed E-state index contributed by atoms with van der Waals surface area (Å²) in [5.74, 6) is 0. The maximum absolute atomic E-state index is 10.6. The first-order chi connectivity index (χ1) is 5.29. The first-order valence-corrected chi connectivity index (χ1v) is 3.47. The van der Waals surface area contributed by atoms with Gasteiger partial charge in [0.1, 0.15) is 6.04 Å². The molecule has 6 nitrogen and oxygen atoms in total. The van der Waals surface area contributed by atoms with Gasteiger partial charge in [0, 0.05) is 4.97 Å². The van der Waals surface area contributed by atoms with Crippen molar-refractivity contribution in [2.24, 2.45) is 5.28 Å². The molecule has 64 valence electrons. The van der Waals surface area contributed by atoms with Crippen LogP contribution in [0, 0.1) is 10.4 Å². The van der Waals surface area contributed by atoms with Crippen LogP contribution in [0.2, 0.25) is 0 Å². The lowest BCUT2D eigenvalue weighted by atomic mass is 10.2. The third-order valence-electron chi connectivity index (χ3n) is 1.85. The van der Waals surface area contributed by atoms with E-state index in [2.05, 4.69) is 5.28 Å². The van der Waals surface area contributed by atoms with E-state index in [0.717, 1.165) is 12.8 Å². The summed E-state index contributed by atoms with van der Waals surface area (Å²) in [4.78, 5) is 0.00782. The van der Waals surface area contributed by atoms with Gasteiger partial charge in [0.15, 0.2) is 0 Å². The summed E-state index contributed by atoms with van der Waals surface area (Å²) in [7, 11) is 0. The van der Waals surface area contributed by atoms with Crippen LogP contribution in [0.25, 0.3) is 0 Å². The van der Waals surface area contributed by atoms with Crippen molar-refractivity contribution in [3.63, 3.8) is 0 Å². The molecule has 0 amide bonds. The molecule has 0 spiro atoms. The Balaban J connectivity index is 2.56. The van der Waals surface area contributed by atoms with Crippen molar-refractivity contribution in [1.29, 1.82) is 0 Å². The maximum atomic E-state index is 10.6. The Kier molecular flexibility index (Phi) is 2.48. The zero-order valence-corrected chi connectivity index (χ0v) is 6.01. The predicted octanol–water partition coefficient (Wildman–Crippen LogP) is -0.182. The topological polar surface area (TPSA) is 85.0 Å². The van der Waals surface area contributed by atoms with E-state index in [1.165, 1.54) is 5.01 Å². The largest absolute Gasteiger partial charge is 0.737 e. The van der Waals surface area contributed by atoms with Gasteiger partial charge in [0.25, 0.3) is 0 Å². The molecule has 1 saturated heterocycles. The first kappa shape index (κ1) is 8.06. The van der Waals surface area contributed by atoms with Crippen molar-refractivity contribution in [1.82, 2.24) is 5.01 Å². The fraction of sp³-hybridized carbons (Fsp3) is 1.00. The molecule has 1 aliphatic rings. The summed E-state index contributed by atoms with van der Waals surface area (Å²) < 4.78 is 0. The van der Waals surface area contributed by atoms with Gasteiger partial charge in [-0.25, -0.2) is 0 Å². The van der Waals surface area contributed by atoms with Gasteiger partial charge in [0.2, 0.25) is 0 Å². The molecular weight excluding hydrogens is 150 g/mol. The lowest BCUT2D eigenvalue weighted by molar-refractivity contribution is -0.694. The summed E-state index contributed by atoms with van der Waals surface area (Å²) in [6.45, 7) is 0.398. The van der Waals surface area contributed by atoms with E-state index in [4.69, 9.17) is 5.11 Å². The highest BCUT2D eigenvalue weighted by molar-refractivity contribution is 4.71. The molecule has 11 heavy (non-hydrogen) atoms. The van der Waals surface area contributed by atoms with Crippen LogP contribution in [0.15, 0.2) is 5.28 Å². The second-order valence-corrected chi connectivity index (χ2v) is 2.48. The third kappa shape index (κ3) is 1.51. The highest BCUT2D eigenvalue weighted by atomic mass is 16.6. The standard InChI is InChI=1S/C5H11N3O3/c9-4-5-2-1-3-7(5)8(11)6-10/h5,9-10H,1-4H2/p-1/b8-6+. The van der Waals surface area contributed by atoms with Crippen molar-refractivity contribution in [3.8, 4) is 0 Å². The predicted molar refractivity (Wildman–Crippen MR) is 36.2 cm³/mol. The Bertz CT molecular complexity index is 161. The summed E-state index contributed by atoms with van der Waals surface area (Å²) >= 11 is 0. The average molecular weight is 160 g/mol. The van der Waals surface area contributed by atoms with Gasteiger partial charge < -0.3 is 15.5 Å². The minimum absolute atomic E-state index is 0.00782. The lowest BCUT2D eigenvalue weighted by Crippen LogP contribution is -2.37. The van der Waals surface area contributed by atoms with Gasteiger partial charge in [-0.1, -0.05) is 0 Å². The number of hydrogen-bond donors (Lipinski definition) is 1. The molecule has 1 unspecified atom stereocenters. The van der Waals surface area contributed by atoms with Gasteiger partial charge in [-0.05, 0) is 18.1 Å². The molecule has 0 bridgehead atoms. The van der Waals surface area contributed by atoms with Crippen molar-refractivity contribution in [2.45, 2.75) is 18.9 Å². The third-order valence-corrected chi connectivity index (χ3v) is 1.85. The number of nitrogens with zero attached hydrogens (tertiary/aromatic N) is 3. The summed E-state index contributed by atoms with van der Waals surface area (Å²) in [5.41, 5.74) is 0. The van der Waals surface area contributed by atoms with Crippen LogP contribution in [-0.4, -0.2) is 34.3 Å². The monoisotopic (exact) mass is 160 g/mol. The van der Waals surface area contributed by atoms with E-state index in [0.29, 0.717) is 6.54 Å². The van der Waals surface area contributed by atoms with Crippen LogP contribution in [-0.2, 0) is 0 Å². The van der Waals surface area contributed by atoms with Gasteiger partial charge in [0.05, 0.1) is 13.2 Å². The SMILES string of the molecule is [O-]/N=[N+](/[O-])N1CCCC1CO. The highest BCUT2D eigenvalue weighted by Gasteiger charge is 2.29. The van der Waals surface area contributed by atoms with E-state index >= 15 is 0 Å². The van der Waals surface area contributed by atoms with Gasteiger partial charge >= 0.3 is 0 Å². The Morgan fingerprint density at radius 1 is 1.73 bits per heavy atom. The van der Waals surface area contributed by atoms with Gasteiger partial charge in [-0.2, -0.15) is 0 Å².